The van der Waals surface area contributed by atoms with Crippen molar-refractivity contribution in [1.82, 2.24) is 5.32 Å². The Balaban J connectivity index is 0.00000616. The minimum absolute atomic E-state index is 0. The fourth-order valence-corrected chi connectivity index (χ4v) is 4.50. The van der Waals surface area contributed by atoms with Crippen LogP contribution < -0.4 is 78.1 Å². The molecule has 0 fully saturated rings. The van der Waals surface area contributed by atoms with E-state index in [4.69, 9.17) is 14.2 Å². The molecule has 0 aliphatic carbocycles. The standard InChI is InChI=1S/C31H31NO8S.Rb/c1-4-5-12-20(2)32-24(30(36)38-3)19-41-31(37)23-15-8-11-18-27(23)40-29(35)22-14-7-10-17-26(22)39-28(34)21-13-6-9-16-25(21)33;/h6-18,24,32-33H,4-5,19H2,1-3H3;/q;+1/p-1/b20-12+;. The fraction of sp³-hybridized carbons (Fsp3) is 0.226. The molecular weight excluding hydrogens is 632 g/mol. The second kappa shape index (κ2) is 18.0. The van der Waals surface area contributed by atoms with Crippen molar-refractivity contribution in [3.05, 3.63) is 101 Å². The van der Waals surface area contributed by atoms with Crippen LogP contribution in [-0.4, -0.2) is 41.9 Å². The van der Waals surface area contributed by atoms with E-state index >= 15 is 0 Å². The first-order valence-corrected chi connectivity index (χ1v) is 13.8. The number of allylic oxidation sites excluding steroid dienone is 2. The first-order valence-electron chi connectivity index (χ1n) is 12.8. The van der Waals surface area contributed by atoms with Gasteiger partial charge in [0.05, 0.1) is 18.2 Å². The van der Waals surface area contributed by atoms with Crippen molar-refractivity contribution in [2.45, 2.75) is 32.7 Å². The number of thioether (sulfide) groups is 1. The monoisotopic (exact) mass is 661 g/mol. The summed E-state index contributed by atoms with van der Waals surface area (Å²) in [7, 11) is 1.28. The quantitative estimate of drug-likeness (QED) is 0.227. The van der Waals surface area contributed by atoms with Crippen molar-refractivity contribution in [2.24, 2.45) is 0 Å². The Morgan fingerprint density at radius 1 is 0.857 bits per heavy atom. The van der Waals surface area contributed by atoms with Gasteiger partial charge in [-0.05, 0) is 43.7 Å². The van der Waals surface area contributed by atoms with Gasteiger partial charge in [0, 0.05) is 11.4 Å². The van der Waals surface area contributed by atoms with Crippen LogP contribution in [0.3, 0.4) is 0 Å². The van der Waals surface area contributed by atoms with Gasteiger partial charge >= 0.3 is 76.1 Å². The minimum atomic E-state index is -0.920. The molecule has 1 atom stereocenters. The summed E-state index contributed by atoms with van der Waals surface area (Å²) in [5.74, 6) is -2.87. The van der Waals surface area contributed by atoms with Gasteiger partial charge in [0.25, 0.3) is 0 Å². The van der Waals surface area contributed by atoms with Crippen LogP contribution in [-0.2, 0) is 9.53 Å². The predicted octanol–water partition coefficient (Wildman–Crippen LogP) is 1.91. The maximum Gasteiger partial charge on any atom is 1.00 e. The molecule has 0 spiro atoms. The molecule has 0 radical (unpaired) electrons. The van der Waals surface area contributed by atoms with Crippen LogP contribution in [0.2, 0.25) is 0 Å². The number of para-hydroxylation sites is 3. The first kappa shape index (κ1) is 35.4. The largest absolute Gasteiger partial charge is 1.00 e. The number of methoxy groups -OCH3 is 1. The fourth-order valence-electron chi connectivity index (χ4n) is 3.64. The molecule has 0 aliphatic heterocycles. The third-order valence-electron chi connectivity index (χ3n) is 5.73. The maximum atomic E-state index is 13.1. The van der Waals surface area contributed by atoms with Crippen molar-refractivity contribution in [3.63, 3.8) is 0 Å². The van der Waals surface area contributed by atoms with E-state index in [0.29, 0.717) is 0 Å². The van der Waals surface area contributed by atoms with Crippen molar-refractivity contribution < 1.29 is 96.7 Å². The summed E-state index contributed by atoms with van der Waals surface area (Å²) in [5, 5.41) is 14.7. The molecule has 1 unspecified atom stereocenters. The van der Waals surface area contributed by atoms with Crippen molar-refractivity contribution in [2.75, 3.05) is 12.9 Å². The molecule has 0 amide bonds. The Kier molecular flexibility index (Phi) is 15.2. The van der Waals surface area contributed by atoms with E-state index in [2.05, 4.69) is 5.32 Å². The summed E-state index contributed by atoms with van der Waals surface area (Å²) in [5.41, 5.74) is 0.646. The average Bonchev–Trinajstić information content (AvgIpc) is 2.98. The summed E-state index contributed by atoms with van der Waals surface area (Å²) >= 11 is 0.875. The molecule has 42 heavy (non-hydrogen) atoms. The Bertz CT molecular complexity index is 1440. The summed E-state index contributed by atoms with van der Waals surface area (Å²) < 4.78 is 15.8. The van der Waals surface area contributed by atoms with Gasteiger partial charge in [0.1, 0.15) is 23.1 Å². The number of hydrogen-bond acceptors (Lipinski definition) is 10. The molecule has 1 N–H and O–H groups in total. The molecule has 0 heterocycles. The third kappa shape index (κ3) is 10.2. The second-order valence-corrected chi connectivity index (χ2v) is 9.75. The Labute approximate surface area is 297 Å². The van der Waals surface area contributed by atoms with Crippen LogP contribution >= 0.6 is 11.8 Å². The molecule has 3 aromatic carbocycles. The number of carbonyl (C=O) groups is 4. The number of benzene rings is 3. The van der Waals surface area contributed by atoms with Gasteiger partial charge in [-0.2, -0.15) is 0 Å². The number of rotatable bonds is 12. The van der Waals surface area contributed by atoms with Gasteiger partial charge in [-0.25, -0.2) is 14.4 Å². The average molecular weight is 662 g/mol. The van der Waals surface area contributed by atoms with Crippen molar-refractivity contribution >= 4 is 34.8 Å². The van der Waals surface area contributed by atoms with E-state index in [1.807, 2.05) is 19.9 Å². The molecule has 3 aromatic rings. The van der Waals surface area contributed by atoms with E-state index in [-0.39, 0.29) is 92.1 Å². The van der Waals surface area contributed by atoms with Crippen LogP contribution in [0.15, 0.2) is 84.6 Å². The minimum Gasteiger partial charge on any atom is -0.872 e. The molecule has 0 saturated heterocycles. The Hall–Kier alpha value is -2.76. The van der Waals surface area contributed by atoms with Crippen LogP contribution in [0.4, 0.5) is 0 Å². The maximum absolute atomic E-state index is 13.1. The van der Waals surface area contributed by atoms with E-state index < -0.39 is 34.8 Å². The van der Waals surface area contributed by atoms with Gasteiger partial charge in [-0.15, -0.1) is 0 Å². The van der Waals surface area contributed by atoms with E-state index in [0.717, 1.165) is 30.3 Å². The topological polar surface area (TPSA) is 131 Å². The molecule has 0 bridgehead atoms. The number of esters is 3. The van der Waals surface area contributed by atoms with Crippen molar-refractivity contribution in [1.29, 1.82) is 0 Å². The zero-order valence-electron chi connectivity index (χ0n) is 23.9. The predicted molar refractivity (Wildman–Crippen MR) is 153 cm³/mol. The SMILES string of the molecule is CCC/C=C(\C)NC(CSC(=O)c1ccccc1OC(=O)c1ccccc1OC(=O)c1ccccc1[O-])C(=O)OC.[Rb+]. The number of carbonyl (C=O) groups excluding carboxylic acids is 4. The molecule has 0 saturated carbocycles. The Morgan fingerprint density at radius 2 is 1.38 bits per heavy atom. The summed E-state index contributed by atoms with van der Waals surface area (Å²) in [4.78, 5) is 51.1. The number of nitrogens with one attached hydrogen (secondary N) is 1. The number of unbranched alkanes of at least 4 members (excludes halogenated alkanes) is 1. The van der Waals surface area contributed by atoms with Gasteiger partial charge in [-0.1, -0.05) is 79.4 Å². The summed E-state index contributed by atoms with van der Waals surface area (Å²) in [6, 6.07) is 16.9. The molecular formula is C31H30NO8RbS. The third-order valence-corrected chi connectivity index (χ3v) is 6.72. The van der Waals surface area contributed by atoms with E-state index in [9.17, 15) is 24.3 Å². The second-order valence-electron chi connectivity index (χ2n) is 8.76. The van der Waals surface area contributed by atoms with Gasteiger partial charge < -0.3 is 24.6 Å². The number of hydrogen-bond donors (Lipinski definition) is 1. The molecule has 214 valence electrons. The van der Waals surface area contributed by atoms with Gasteiger partial charge in [-0.3, -0.25) is 4.79 Å². The number of ether oxygens (including phenoxy) is 3. The van der Waals surface area contributed by atoms with Crippen molar-refractivity contribution in [3.8, 4) is 17.2 Å². The molecule has 0 aromatic heterocycles. The molecule has 3 rings (SSSR count). The van der Waals surface area contributed by atoms with Crippen LogP contribution in [0.1, 0.15) is 57.8 Å². The summed E-state index contributed by atoms with van der Waals surface area (Å²) in [6.45, 7) is 3.88. The van der Waals surface area contributed by atoms with Crippen LogP contribution in [0, 0.1) is 0 Å². The van der Waals surface area contributed by atoms with Gasteiger partial charge in [0.2, 0.25) is 5.12 Å². The smallest absolute Gasteiger partial charge is 0.872 e. The van der Waals surface area contributed by atoms with E-state index in [1.54, 1.807) is 24.3 Å². The first-order chi connectivity index (χ1) is 19.7. The molecule has 9 nitrogen and oxygen atoms in total. The Morgan fingerprint density at radius 3 is 1.98 bits per heavy atom. The zero-order valence-corrected chi connectivity index (χ0v) is 29.6. The van der Waals surface area contributed by atoms with Gasteiger partial charge in [0.15, 0.2) is 0 Å². The molecule has 0 aliphatic rings. The zero-order chi connectivity index (χ0) is 29.8. The summed E-state index contributed by atoms with van der Waals surface area (Å²) in [6.07, 6.45) is 3.75. The molecule has 11 heteroatoms. The van der Waals surface area contributed by atoms with Crippen LogP contribution in [0.5, 0.6) is 17.2 Å². The van der Waals surface area contributed by atoms with E-state index in [1.165, 1.54) is 55.6 Å². The normalized spacial score (nSPS) is 11.5. The van der Waals surface area contributed by atoms with Crippen LogP contribution in [0.25, 0.3) is 0 Å².